The molecule has 3 nitrogen and oxygen atoms in total. The molecule has 1 aromatic rings. The van der Waals surface area contributed by atoms with Crippen molar-refractivity contribution in [3.05, 3.63) is 21.9 Å². The minimum absolute atomic E-state index is 0. The van der Waals surface area contributed by atoms with Crippen LogP contribution >= 0.6 is 23.7 Å². The lowest BCUT2D eigenvalue weighted by Crippen LogP contribution is -2.35. The Morgan fingerprint density at radius 1 is 1.56 bits per heavy atom. The van der Waals surface area contributed by atoms with E-state index in [1.165, 1.54) is 4.88 Å². The highest BCUT2D eigenvalue weighted by Gasteiger charge is 2.31. The maximum absolute atomic E-state index is 12.2. The first-order chi connectivity index (χ1) is 8.10. The Labute approximate surface area is 119 Å². The molecule has 2 heterocycles. The van der Waals surface area contributed by atoms with Crippen molar-refractivity contribution in [3.63, 3.8) is 0 Å². The summed E-state index contributed by atoms with van der Waals surface area (Å²) in [6.45, 7) is 5.71. The minimum Gasteiger partial charge on any atom is -0.339 e. The van der Waals surface area contributed by atoms with Gasteiger partial charge >= 0.3 is 0 Å². The molecule has 1 fully saturated rings. The van der Waals surface area contributed by atoms with E-state index < -0.39 is 0 Å². The van der Waals surface area contributed by atoms with E-state index in [4.69, 9.17) is 5.73 Å². The summed E-state index contributed by atoms with van der Waals surface area (Å²) in [4.78, 5) is 16.6. The lowest BCUT2D eigenvalue weighted by Gasteiger charge is -2.21. The summed E-state index contributed by atoms with van der Waals surface area (Å²) in [6.07, 6.45) is 1.59. The van der Waals surface area contributed by atoms with E-state index in [1.54, 1.807) is 11.3 Å². The van der Waals surface area contributed by atoms with Gasteiger partial charge in [-0.05, 0) is 44.9 Å². The summed E-state index contributed by atoms with van der Waals surface area (Å²) in [7, 11) is 0. The minimum atomic E-state index is 0. The van der Waals surface area contributed by atoms with Gasteiger partial charge in [0.25, 0.3) is 0 Å². The van der Waals surface area contributed by atoms with E-state index in [9.17, 15) is 4.79 Å². The summed E-state index contributed by atoms with van der Waals surface area (Å²) in [5.74, 6) is 0.731. The fraction of sp³-hybridized carbons (Fsp3) is 0.615. The third-order valence-electron chi connectivity index (χ3n) is 3.44. The van der Waals surface area contributed by atoms with Gasteiger partial charge in [0.1, 0.15) is 0 Å². The molecule has 1 amide bonds. The largest absolute Gasteiger partial charge is 0.339 e. The van der Waals surface area contributed by atoms with Crippen molar-refractivity contribution in [1.82, 2.24) is 4.90 Å². The summed E-state index contributed by atoms with van der Waals surface area (Å²) in [6, 6.07) is 4.47. The average molecular weight is 289 g/mol. The number of nitrogens with zero attached hydrogens (tertiary/aromatic N) is 1. The molecule has 1 aliphatic heterocycles. The highest BCUT2D eigenvalue weighted by Crippen LogP contribution is 2.24. The van der Waals surface area contributed by atoms with E-state index in [-0.39, 0.29) is 18.3 Å². The van der Waals surface area contributed by atoms with Gasteiger partial charge in [-0.1, -0.05) is 0 Å². The lowest BCUT2D eigenvalue weighted by molar-refractivity contribution is -0.131. The standard InChI is InChI=1S/C13H20N2OS.ClH/c1-9-5-11(7-14)8-15(9)13(16)6-12-4-3-10(2)17-12;/h3-4,9,11H,5-8,14H2,1-2H3;1H. The van der Waals surface area contributed by atoms with Gasteiger partial charge in [0.2, 0.25) is 5.91 Å². The Morgan fingerprint density at radius 2 is 2.28 bits per heavy atom. The fourth-order valence-electron chi connectivity index (χ4n) is 2.49. The van der Waals surface area contributed by atoms with Crippen molar-refractivity contribution < 1.29 is 4.79 Å². The zero-order valence-corrected chi connectivity index (χ0v) is 12.5. The predicted octanol–water partition coefficient (Wildman–Crippen LogP) is 2.22. The monoisotopic (exact) mass is 288 g/mol. The Balaban J connectivity index is 0.00000162. The van der Waals surface area contributed by atoms with E-state index in [1.807, 2.05) is 4.90 Å². The van der Waals surface area contributed by atoms with Gasteiger partial charge in [-0.2, -0.15) is 0 Å². The second-order valence-electron chi connectivity index (χ2n) is 4.92. The molecule has 1 saturated heterocycles. The van der Waals surface area contributed by atoms with Crippen LogP contribution in [-0.2, 0) is 11.2 Å². The Morgan fingerprint density at radius 3 is 2.78 bits per heavy atom. The van der Waals surface area contributed by atoms with Crippen LogP contribution in [0.1, 0.15) is 23.1 Å². The molecule has 2 rings (SSSR count). The first kappa shape index (κ1) is 15.5. The number of likely N-dealkylation sites (tertiary alicyclic amines) is 1. The van der Waals surface area contributed by atoms with Crippen LogP contribution in [0.5, 0.6) is 0 Å². The molecule has 0 bridgehead atoms. The molecule has 2 unspecified atom stereocenters. The van der Waals surface area contributed by atoms with Crippen LogP contribution in [0.3, 0.4) is 0 Å². The van der Waals surface area contributed by atoms with Gasteiger partial charge in [0, 0.05) is 22.3 Å². The van der Waals surface area contributed by atoms with Gasteiger partial charge in [-0.25, -0.2) is 0 Å². The molecule has 2 N–H and O–H groups in total. The number of halogens is 1. The molecule has 1 aromatic heterocycles. The highest BCUT2D eigenvalue weighted by atomic mass is 35.5. The van der Waals surface area contributed by atoms with Gasteiger partial charge in [0.15, 0.2) is 0 Å². The van der Waals surface area contributed by atoms with Crippen LogP contribution in [0.2, 0.25) is 0 Å². The van der Waals surface area contributed by atoms with Crippen LogP contribution in [0.25, 0.3) is 0 Å². The van der Waals surface area contributed by atoms with Crippen LogP contribution in [-0.4, -0.2) is 29.9 Å². The quantitative estimate of drug-likeness (QED) is 0.927. The number of nitrogens with two attached hydrogens (primary N) is 1. The topological polar surface area (TPSA) is 46.3 Å². The van der Waals surface area contributed by atoms with Crippen LogP contribution in [0, 0.1) is 12.8 Å². The van der Waals surface area contributed by atoms with Crippen molar-refractivity contribution in [3.8, 4) is 0 Å². The van der Waals surface area contributed by atoms with Gasteiger partial charge in [-0.15, -0.1) is 23.7 Å². The number of hydrogen-bond donors (Lipinski definition) is 1. The molecule has 102 valence electrons. The maximum atomic E-state index is 12.2. The molecular weight excluding hydrogens is 268 g/mol. The average Bonchev–Trinajstić information content (AvgIpc) is 2.85. The Bertz CT molecular complexity index is 407. The number of carbonyl (C=O) groups excluding carboxylic acids is 1. The summed E-state index contributed by atoms with van der Waals surface area (Å²) in [5, 5.41) is 0. The molecule has 2 atom stereocenters. The molecule has 0 aromatic carbocycles. The van der Waals surface area contributed by atoms with Gasteiger partial charge in [-0.3, -0.25) is 4.79 Å². The van der Waals surface area contributed by atoms with Crippen molar-refractivity contribution in [2.24, 2.45) is 11.7 Å². The molecule has 5 heteroatoms. The van der Waals surface area contributed by atoms with E-state index in [2.05, 4.69) is 26.0 Å². The van der Waals surface area contributed by atoms with E-state index in [0.717, 1.165) is 17.8 Å². The Hall–Kier alpha value is -0.580. The van der Waals surface area contributed by atoms with Gasteiger partial charge < -0.3 is 10.6 Å². The number of aryl methyl sites for hydroxylation is 1. The second-order valence-corrected chi connectivity index (χ2v) is 6.29. The zero-order valence-electron chi connectivity index (χ0n) is 10.9. The van der Waals surface area contributed by atoms with Crippen molar-refractivity contribution in [2.45, 2.75) is 32.7 Å². The number of thiophene rings is 1. The highest BCUT2D eigenvalue weighted by molar-refractivity contribution is 7.12. The van der Waals surface area contributed by atoms with Crippen molar-refractivity contribution >= 4 is 29.7 Å². The normalized spacial score (nSPS) is 22.9. The molecular formula is C13H21ClN2OS. The van der Waals surface area contributed by atoms with Crippen LogP contribution < -0.4 is 5.73 Å². The number of rotatable bonds is 3. The van der Waals surface area contributed by atoms with E-state index in [0.29, 0.717) is 24.9 Å². The summed E-state index contributed by atoms with van der Waals surface area (Å²) < 4.78 is 0. The first-order valence-electron chi connectivity index (χ1n) is 6.15. The van der Waals surface area contributed by atoms with Crippen LogP contribution in [0.15, 0.2) is 12.1 Å². The third-order valence-corrected chi connectivity index (χ3v) is 4.44. The van der Waals surface area contributed by atoms with Crippen molar-refractivity contribution in [1.29, 1.82) is 0 Å². The zero-order chi connectivity index (χ0) is 12.4. The van der Waals surface area contributed by atoms with E-state index >= 15 is 0 Å². The molecule has 0 radical (unpaired) electrons. The summed E-state index contributed by atoms with van der Waals surface area (Å²) >= 11 is 1.71. The Kier molecular flexibility index (Phi) is 5.63. The SMILES string of the molecule is Cc1ccc(CC(=O)N2CC(CN)CC2C)s1.Cl. The number of carbonyl (C=O) groups is 1. The smallest absolute Gasteiger partial charge is 0.228 e. The maximum Gasteiger partial charge on any atom is 0.228 e. The third kappa shape index (κ3) is 3.46. The number of hydrogen-bond acceptors (Lipinski definition) is 3. The van der Waals surface area contributed by atoms with Crippen LogP contribution in [0.4, 0.5) is 0 Å². The first-order valence-corrected chi connectivity index (χ1v) is 6.96. The molecule has 0 spiro atoms. The summed E-state index contributed by atoms with van der Waals surface area (Å²) in [5.41, 5.74) is 5.68. The van der Waals surface area contributed by atoms with Gasteiger partial charge in [0.05, 0.1) is 6.42 Å². The molecule has 0 saturated carbocycles. The molecule has 0 aliphatic carbocycles. The number of amides is 1. The predicted molar refractivity (Wildman–Crippen MR) is 78.3 cm³/mol. The second kappa shape index (κ2) is 6.55. The lowest BCUT2D eigenvalue weighted by atomic mass is 10.1. The van der Waals surface area contributed by atoms with Crippen molar-refractivity contribution in [2.75, 3.05) is 13.1 Å². The fourth-order valence-corrected chi connectivity index (χ4v) is 3.37. The molecule has 18 heavy (non-hydrogen) atoms. The molecule has 1 aliphatic rings.